The summed E-state index contributed by atoms with van der Waals surface area (Å²) in [5.74, 6) is 1.25. The summed E-state index contributed by atoms with van der Waals surface area (Å²) in [7, 11) is 0. The van der Waals surface area contributed by atoms with Crippen LogP contribution in [-0.4, -0.2) is 32.2 Å². The monoisotopic (exact) mass is 367 g/mol. The second-order valence-electron chi connectivity index (χ2n) is 5.91. The van der Waals surface area contributed by atoms with Gasteiger partial charge in [0.1, 0.15) is 0 Å². The SMILES string of the molecule is CCC(C)NC(=O)c1ccccc1SCc1nnnn1-c1ccccc1. The zero-order valence-electron chi connectivity index (χ0n) is 14.8. The largest absolute Gasteiger partial charge is 0.350 e. The number of carbonyl (C=O) groups is 1. The van der Waals surface area contributed by atoms with Gasteiger partial charge in [0.2, 0.25) is 0 Å². The Morgan fingerprint density at radius 1 is 1.15 bits per heavy atom. The number of rotatable bonds is 7. The maximum absolute atomic E-state index is 12.5. The van der Waals surface area contributed by atoms with Crippen molar-refractivity contribution in [3.8, 4) is 5.69 Å². The molecule has 0 bridgehead atoms. The fraction of sp³-hybridized carbons (Fsp3) is 0.263. The number of benzene rings is 2. The van der Waals surface area contributed by atoms with Crippen molar-refractivity contribution in [2.24, 2.45) is 0 Å². The Balaban J connectivity index is 1.76. The molecule has 1 amide bonds. The van der Waals surface area contributed by atoms with E-state index in [4.69, 9.17) is 0 Å². The molecule has 1 atom stereocenters. The summed E-state index contributed by atoms with van der Waals surface area (Å²) in [6.45, 7) is 4.05. The molecule has 0 aliphatic heterocycles. The normalized spacial score (nSPS) is 11.9. The minimum atomic E-state index is -0.0508. The van der Waals surface area contributed by atoms with Crippen LogP contribution in [-0.2, 0) is 5.75 Å². The Hall–Kier alpha value is -2.67. The number of hydrogen-bond acceptors (Lipinski definition) is 5. The third-order valence-electron chi connectivity index (χ3n) is 4.01. The van der Waals surface area contributed by atoms with Crippen LogP contribution >= 0.6 is 11.8 Å². The van der Waals surface area contributed by atoms with Crippen LogP contribution in [0.4, 0.5) is 0 Å². The lowest BCUT2D eigenvalue weighted by Crippen LogP contribution is -2.32. The second-order valence-corrected chi connectivity index (χ2v) is 6.93. The van der Waals surface area contributed by atoms with E-state index in [2.05, 4.69) is 27.8 Å². The van der Waals surface area contributed by atoms with Gasteiger partial charge in [-0.15, -0.1) is 16.9 Å². The van der Waals surface area contributed by atoms with Crippen LogP contribution in [0.2, 0.25) is 0 Å². The zero-order chi connectivity index (χ0) is 18.4. The van der Waals surface area contributed by atoms with Gasteiger partial charge in [-0.3, -0.25) is 4.79 Å². The second kappa shape index (κ2) is 8.62. The smallest absolute Gasteiger partial charge is 0.252 e. The molecule has 134 valence electrons. The summed E-state index contributed by atoms with van der Waals surface area (Å²) in [4.78, 5) is 13.4. The van der Waals surface area contributed by atoms with E-state index in [-0.39, 0.29) is 11.9 Å². The number of nitrogens with zero attached hydrogens (tertiary/aromatic N) is 4. The van der Waals surface area contributed by atoms with Gasteiger partial charge in [-0.2, -0.15) is 4.68 Å². The molecule has 7 heteroatoms. The van der Waals surface area contributed by atoms with Crippen molar-refractivity contribution in [2.75, 3.05) is 0 Å². The van der Waals surface area contributed by atoms with E-state index < -0.39 is 0 Å². The van der Waals surface area contributed by atoms with Crippen LogP contribution < -0.4 is 5.32 Å². The average Bonchev–Trinajstić information content (AvgIpc) is 3.15. The lowest BCUT2D eigenvalue weighted by molar-refractivity contribution is 0.0936. The van der Waals surface area contributed by atoms with Crippen molar-refractivity contribution in [1.82, 2.24) is 25.5 Å². The number of carbonyl (C=O) groups excluding carboxylic acids is 1. The summed E-state index contributed by atoms with van der Waals surface area (Å²) in [5.41, 5.74) is 1.59. The van der Waals surface area contributed by atoms with Gasteiger partial charge in [0.15, 0.2) is 5.82 Å². The molecular formula is C19H21N5OS. The first kappa shape index (κ1) is 18.1. The summed E-state index contributed by atoms with van der Waals surface area (Å²) in [5, 5.41) is 15.0. The van der Waals surface area contributed by atoms with Gasteiger partial charge in [0, 0.05) is 10.9 Å². The van der Waals surface area contributed by atoms with E-state index in [1.54, 1.807) is 16.4 Å². The van der Waals surface area contributed by atoms with Crippen molar-refractivity contribution in [2.45, 2.75) is 37.0 Å². The van der Waals surface area contributed by atoms with E-state index in [9.17, 15) is 4.79 Å². The van der Waals surface area contributed by atoms with Gasteiger partial charge in [-0.1, -0.05) is 37.3 Å². The number of aromatic nitrogens is 4. The standard InChI is InChI=1S/C19H21N5OS/c1-3-14(2)20-19(25)16-11-7-8-12-17(16)26-13-18-21-22-23-24(18)15-9-5-4-6-10-15/h4-12,14H,3,13H2,1-2H3,(H,20,25). The molecule has 0 saturated heterocycles. The summed E-state index contributed by atoms with van der Waals surface area (Å²) in [6.07, 6.45) is 0.896. The van der Waals surface area contributed by atoms with Crippen LogP contribution in [0, 0.1) is 0 Å². The van der Waals surface area contributed by atoms with Gasteiger partial charge in [0.05, 0.1) is 17.0 Å². The molecule has 3 aromatic rings. The molecule has 0 spiro atoms. The highest BCUT2D eigenvalue weighted by Crippen LogP contribution is 2.26. The van der Waals surface area contributed by atoms with Crippen molar-refractivity contribution >= 4 is 17.7 Å². The Kier molecular flexibility index (Phi) is 6.01. The van der Waals surface area contributed by atoms with Gasteiger partial charge < -0.3 is 5.32 Å². The van der Waals surface area contributed by atoms with E-state index in [1.165, 1.54) is 0 Å². The van der Waals surface area contributed by atoms with Crippen LogP contribution in [0.1, 0.15) is 36.5 Å². The third kappa shape index (κ3) is 4.29. The van der Waals surface area contributed by atoms with Gasteiger partial charge in [0.25, 0.3) is 5.91 Å². The Bertz CT molecular complexity index is 865. The fourth-order valence-corrected chi connectivity index (χ4v) is 3.35. The van der Waals surface area contributed by atoms with Gasteiger partial charge in [-0.25, -0.2) is 0 Å². The Morgan fingerprint density at radius 3 is 2.65 bits per heavy atom. The molecule has 3 rings (SSSR count). The molecule has 1 aromatic heterocycles. The molecular weight excluding hydrogens is 346 g/mol. The third-order valence-corrected chi connectivity index (χ3v) is 5.08. The van der Waals surface area contributed by atoms with Crippen LogP contribution in [0.25, 0.3) is 5.69 Å². The first-order valence-corrected chi connectivity index (χ1v) is 9.53. The minimum Gasteiger partial charge on any atom is -0.350 e. The maximum atomic E-state index is 12.5. The molecule has 0 aliphatic rings. The highest BCUT2D eigenvalue weighted by atomic mass is 32.2. The number of para-hydroxylation sites is 1. The van der Waals surface area contributed by atoms with E-state index >= 15 is 0 Å². The summed E-state index contributed by atoms with van der Waals surface area (Å²) < 4.78 is 1.72. The van der Waals surface area contributed by atoms with Gasteiger partial charge in [-0.05, 0) is 48.0 Å². The molecule has 0 saturated carbocycles. The lowest BCUT2D eigenvalue weighted by atomic mass is 10.2. The van der Waals surface area contributed by atoms with E-state index in [1.807, 2.05) is 61.5 Å². The molecule has 26 heavy (non-hydrogen) atoms. The van der Waals surface area contributed by atoms with Crippen molar-refractivity contribution < 1.29 is 4.79 Å². The summed E-state index contributed by atoms with van der Waals surface area (Å²) in [6, 6.07) is 17.5. The summed E-state index contributed by atoms with van der Waals surface area (Å²) >= 11 is 1.55. The number of amides is 1. The first-order chi connectivity index (χ1) is 12.7. The molecule has 2 aromatic carbocycles. The number of tetrazole rings is 1. The predicted octanol–water partition coefficient (Wildman–Crippen LogP) is 3.48. The van der Waals surface area contributed by atoms with Crippen LogP contribution in [0.3, 0.4) is 0 Å². The van der Waals surface area contributed by atoms with Crippen LogP contribution in [0.15, 0.2) is 59.5 Å². The number of hydrogen-bond donors (Lipinski definition) is 1. The van der Waals surface area contributed by atoms with Crippen molar-refractivity contribution in [1.29, 1.82) is 0 Å². The Labute approximate surface area is 157 Å². The zero-order valence-corrected chi connectivity index (χ0v) is 15.6. The maximum Gasteiger partial charge on any atom is 0.252 e. The topological polar surface area (TPSA) is 72.7 Å². The molecule has 1 N–H and O–H groups in total. The molecule has 6 nitrogen and oxygen atoms in total. The predicted molar refractivity (Wildman–Crippen MR) is 102 cm³/mol. The highest BCUT2D eigenvalue weighted by molar-refractivity contribution is 7.98. The fourth-order valence-electron chi connectivity index (χ4n) is 2.39. The van der Waals surface area contributed by atoms with E-state index in [0.717, 1.165) is 22.8 Å². The molecule has 1 heterocycles. The minimum absolute atomic E-state index is 0.0508. The molecule has 1 unspecified atom stereocenters. The molecule has 0 radical (unpaired) electrons. The number of nitrogens with one attached hydrogen (secondary N) is 1. The quantitative estimate of drug-likeness (QED) is 0.647. The van der Waals surface area contributed by atoms with E-state index in [0.29, 0.717) is 11.3 Å². The van der Waals surface area contributed by atoms with Gasteiger partial charge >= 0.3 is 0 Å². The van der Waals surface area contributed by atoms with Crippen molar-refractivity contribution in [3.05, 3.63) is 66.0 Å². The Morgan fingerprint density at radius 2 is 1.88 bits per heavy atom. The average molecular weight is 367 g/mol. The number of thioether (sulfide) groups is 1. The first-order valence-electron chi connectivity index (χ1n) is 8.54. The molecule has 0 aliphatic carbocycles. The highest BCUT2D eigenvalue weighted by Gasteiger charge is 2.15. The lowest BCUT2D eigenvalue weighted by Gasteiger charge is -2.13. The molecule has 0 fully saturated rings. The van der Waals surface area contributed by atoms with Crippen molar-refractivity contribution in [3.63, 3.8) is 0 Å². The van der Waals surface area contributed by atoms with Crippen LogP contribution in [0.5, 0.6) is 0 Å².